The molecule has 2 aromatic rings. The first-order valence-corrected chi connectivity index (χ1v) is 6.19. The molecular weight excluding hydrogens is 234 g/mol. The zero-order valence-electron chi connectivity index (χ0n) is 10.2. The summed E-state index contributed by atoms with van der Waals surface area (Å²) < 4.78 is 0. The summed E-state index contributed by atoms with van der Waals surface area (Å²) >= 11 is 0. The number of fused-ring (bicyclic) bond motifs is 3. The van der Waals surface area contributed by atoms with Crippen LogP contribution in [0, 0.1) is 6.08 Å². The number of para-hydroxylation sites is 1. The second-order valence-electron chi connectivity index (χ2n) is 4.53. The lowest BCUT2D eigenvalue weighted by atomic mass is 9.92. The number of nitrogens with zero attached hydrogens (tertiary/aromatic N) is 3. The quantitative estimate of drug-likeness (QED) is 0.772. The number of allylic oxidation sites excluding steroid dienone is 4. The van der Waals surface area contributed by atoms with Crippen molar-refractivity contribution in [2.75, 3.05) is 0 Å². The van der Waals surface area contributed by atoms with E-state index < -0.39 is 0 Å². The molecule has 0 saturated carbocycles. The predicted molar refractivity (Wildman–Crippen MR) is 74.8 cm³/mol. The molecule has 3 heteroatoms. The van der Waals surface area contributed by atoms with Gasteiger partial charge in [-0.15, -0.1) is 0 Å². The van der Waals surface area contributed by atoms with Crippen LogP contribution < -0.4 is 0 Å². The molecule has 89 valence electrons. The van der Waals surface area contributed by atoms with Gasteiger partial charge in [0, 0.05) is 35.2 Å². The van der Waals surface area contributed by atoms with Gasteiger partial charge in [0.05, 0.1) is 11.4 Å². The molecule has 0 atom stereocenters. The lowest BCUT2D eigenvalue weighted by molar-refractivity contribution is 1.14. The van der Waals surface area contributed by atoms with Gasteiger partial charge >= 0.3 is 0 Å². The lowest BCUT2D eigenvalue weighted by Crippen LogP contribution is -2.02. The van der Waals surface area contributed by atoms with E-state index in [0.717, 1.165) is 29.0 Å². The fraction of sp³-hybridized carbons (Fsp3) is 0.0625. The summed E-state index contributed by atoms with van der Waals surface area (Å²) in [5.74, 6) is 0. The highest BCUT2D eigenvalue weighted by molar-refractivity contribution is 6.34. The van der Waals surface area contributed by atoms with Crippen LogP contribution in [0.3, 0.4) is 0 Å². The molecule has 0 spiro atoms. The standard InChI is InChI=1S/C16H10N3/c1-2-4-15-13(3-1)14-6-5-11(7-16(14)19-15)12-8-17-10-18-9-12/h1-4,6,8-10H,5H2. The maximum Gasteiger partial charge on any atom is 0.115 e. The van der Waals surface area contributed by atoms with E-state index in [-0.39, 0.29) is 0 Å². The molecule has 19 heavy (non-hydrogen) atoms. The van der Waals surface area contributed by atoms with Crippen molar-refractivity contribution >= 4 is 22.5 Å². The molecule has 1 aliphatic heterocycles. The topological polar surface area (TPSA) is 38.1 Å². The molecule has 1 aromatic carbocycles. The first-order valence-electron chi connectivity index (χ1n) is 6.19. The minimum absolute atomic E-state index is 0.843. The molecule has 2 aliphatic rings. The van der Waals surface area contributed by atoms with Crippen molar-refractivity contribution in [1.82, 2.24) is 9.97 Å². The van der Waals surface area contributed by atoms with Crippen LogP contribution in [0.5, 0.6) is 0 Å². The molecule has 0 fully saturated rings. The zero-order valence-corrected chi connectivity index (χ0v) is 10.2. The van der Waals surface area contributed by atoms with E-state index in [0.29, 0.717) is 0 Å². The third-order valence-electron chi connectivity index (χ3n) is 3.37. The molecule has 4 rings (SSSR count). The van der Waals surface area contributed by atoms with Gasteiger partial charge in [0.2, 0.25) is 0 Å². The third kappa shape index (κ3) is 1.63. The van der Waals surface area contributed by atoms with E-state index in [4.69, 9.17) is 0 Å². The minimum Gasteiger partial charge on any atom is -0.247 e. The van der Waals surface area contributed by atoms with Crippen LogP contribution in [0.4, 0.5) is 5.69 Å². The number of aliphatic imine (C=N–C) groups is 1. The van der Waals surface area contributed by atoms with Crippen molar-refractivity contribution in [1.29, 1.82) is 0 Å². The maximum atomic E-state index is 4.62. The molecule has 0 N–H and O–H groups in total. The highest BCUT2D eigenvalue weighted by Gasteiger charge is 2.22. The van der Waals surface area contributed by atoms with Crippen LogP contribution >= 0.6 is 0 Å². The number of hydrogen-bond donors (Lipinski definition) is 0. The number of aromatic nitrogens is 2. The smallest absolute Gasteiger partial charge is 0.115 e. The first kappa shape index (κ1) is 10.4. The van der Waals surface area contributed by atoms with Crippen molar-refractivity contribution in [3.8, 4) is 0 Å². The van der Waals surface area contributed by atoms with E-state index in [1.807, 2.05) is 30.6 Å². The molecule has 2 heterocycles. The van der Waals surface area contributed by atoms with Gasteiger partial charge in [0.25, 0.3) is 0 Å². The Balaban J connectivity index is 1.78. The highest BCUT2D eigenvalue weighted by atomic mass is 14.8. The van der Waals surface area contributed by atoms with E-state index in [1.54, 1.807) is 0 Å². The van der Waals surface area contributed by atoms with Gasteiger partial charge in [-0.05, 0) is 18.1 Å². The molecule has 0 saturated heterocycles. The summed E-state index contributed by atoms with van der Waals surface area (Å²) in [5.41, 5.74) is 6.45. The Morgan fingerprint density at radius 1 is 1.05 bits per heavy atom. The highest BCUT2D eigenvalue weighted by Crippen LogP contribution is 2.38. The third-order valence-corrected chi connectivity index (χ3v) is 3.37. The summed E-state index contributed by atoms with van der Waals surface area (Å²) in [6, 6.07) is 8.20. The van der Waals surface area contributed by atoms with Gasteiger partial charge in [-0.2, -0.15) is 0 Å². The molecule has 3 nitrogen and oxygen atoms in total. The zero-order chi connectivity index (χ0) is 12.7. The van der Waals surface area contributed by atoms with E-state index in [1.165, 1.54) is 17.5 Å². The Morgan fingerprint density at radius 3 is 2.79 bits per heavy atom. The fourth-order valence-corrected chi connectivity index (χ4v) is 2.45. The molecular formula is C16H10N3. The average Bonchev–Trinajstić information content (AvgIpc) is 2.86. The second kappa shape index (κ2) is 3.99. The summed E-state index contributed by atoms with van der Waals surface area (Å²) in [6.07, 6.45) is 11.6. The van der Waals surface area contributed by atoms with Crippen molar-refractivity contribution in [2.45, 2.75) is 6.42 Å². The van der Waals surface area contributed by atoms with Crippen LogP contribution in [-0.4, -0.2) is 15.7 Å². The van der Waals surface area contributed by atoms with Gasteiger partial charge in [-0.25, -0.2) is 15.0 Å². The molecule has 0 unspecified atom stereocenters. The van der Waals surface area contributed by atoms with Crippen LogP contribution in [0.2, 0.25) is 0 Å². The van der Waals surface area contributed by atoms with Crippen LogP contribution in [0.15, 0.2) is 54.1 Å². The summed E-state index contributed by atoms with van der Waals surface area (Å²) in [7, 11) is 0. The largest absolute Gasteiger partial charge is 0.247 e. The Kier molecular flexibility index (Phi) is 2.18. The predicted octanol–water partition coefficient (Wildman–Crippen LogP) is 3.24. The number of hydrogen-bond acceptors (Lipinski definition) is 3. The normalized spacial score (nSPS) is 16.1. The van der Waals surface area contributed by atoms with Gasteiger partial charge in [-0.3, -0.25) is 0 Å². The van der Waals surface area contributed by atoms with Crippen LogP contribution in [0.25, 0.3) is 11.1 Å². The lowest BCUT2D eigenvalue weighted by Gasteiger charge is -2.11. The fourth-order valence-electron chi connectivity index (χ4n) is 2.45. The summed E-state index contributed by atoms with van der Waals surface area (Å²) in [4.78, 5) is 12.7. The van der Waals surface area contributed by atoms with E-state index >= 15 is 0 Å². The van der Waals surface area contributed by atoms with Crippen molar-refractivity contribution in [3.63, 3.8) is 0 Å². The molecule has 1 aliphatic carbocycles. The maximum absolute atomic E-state index is 4.62. The van der Waals surface area contributed by atoms with Gasteiger partial charge in [0.1, 0.15) is 6.33 Å². The molecule has 1 aromatic heterocycles. The van der Waals surface area contributed by atoms with Crippen LogP contribution in [0.1, 0.15) is 17.5 Å². The van der Waals surface area contributed by atoms with E-state index in [9.17, 15) is 0 Å². The van der Waals surface area contributed by atoms with Gasteiger partial charge in [-0.1, -0.05) is 24.3 Å². The summed E-state index contributed by atoms with van der Waals surface area (Å²) in [6.45, 7) is 0. The first-order chi connectivity index (χ1) is 9.42. The van der Waals surface area contributed by atoms with Gasteiger partial charge < -0.3 is 0 Å². The van der Waals surface area contributed by atoms with Crippen LogP contribution in [-0.2, 0) is 0 Å². The Morgan fingerprint density at radius 2 is 1.89 bits per heavy atom. The molecule has 1 radical (unpaired) electrons. The van der Waals surface area contributed by atoms with E-state index in [2.05, 4.69) is 33.2 Å². The minimum atomic E-state index is 0.843. The Bertz CT molecular complexity index is 740. The van der Waals surface area contributed by atoms with Gasteiger partial charge in [0.15, 0.2) is 0 Å². The average molecular weight is 244 g/mol. The molecule has 0 amide bonds. The monoisotopic (exact) mass is 244 g/mol. The number of rotatable bonds is 1. The SMILES string of the molecule is [C]1=C(c2cncnc2)CC=C2C1=Nc1ccccc12. The summed E-state index contributed by atoms with van der Waals surface area (Å²) in [5, 5.41) is 0. The van der Waals surface area contributed by atoms with Crippen molar-refractivity contribution in [3.05, 3.63) is 66.3 Å². The second-order valence-corrected chi connectivity index (χ2v) is 4.53. The van der Waals surface area contributed by atoms with Crippen molar-refractivity contribution in [2.24, 2.45) is 4.99 Å². The Labute approximate surface area is 111 Å². The Hall–Kier alpha value is -2.55. The van der Waals surface area contributed by atoms with Crippen molar-refractivity contribution < 1.29 is 0 Å². The number of benzene rings is 1. The molecule has 0 bridgehead atoms.